The van der Waals surface area contributed by atoms with Crippen molar-refractivity contribution in [1.29, 1.82) is 0 Å². The predicted octanol–water partition coefficient (Wildman–Crippen LogP) is 4.70. The Balaban J connectivity index is 2.01. The van der Waals surface area contributed by atoms with Gasteiger partial charge in [0.05, 0.1) is 11.4 Å². The van der Waals surface area contributed by atoms with Gasteiger partial charge in [-0.1, -0.05) is 42.5 Å². The molecule has 22 heavy (non-hydrogen) atoms. The van der Waals surface area contributed by atoms with E-state index in [1.165, 1.54) is 20.2 Å². The summed E-state index contributed by atoms with van der Waals surface area (Å²) in [6.45, 7) is 0. The van der Waals surface area contributed by atoms with Crippen LogP contribution < -0.4 is 5.73 Å². The molecule has 3 aromatic rings. The Morgan fingerprint density at radius 3 is 2.68 bits per heavy atom. The van der Waals surface area contributed by atoms with E-state index in [0.717, 1.165) is 17.0 Å². The van der Waals surface area contributed by atoms with Crippen LogP contribution in [0.4, 0.5) is 0 Å². The summed E-state index contributed by atoms with van der Waals surface area (Å²) < 4.78 is 2.56. The molecule has 0 spiro atoms. The molecule has 0 unspecified atom stereocenters. The Labute approximate surface area is 133 Å². The lowest BCUT2D eigenvalue weighted by Crippen LogP contribution is -2.15. The summed E-state index contributed by atoms with van der Waals surface area (Å²) in [6, 6.07) is 14.9. The third-order valence-corrected chi connectivity index (χ3v) is 5.25. The summed E-state index contributed by atoms with van der Waals surface area (Å²) in [7, 11) is 2.02. The van der Waals surface area contributed by atoms with E-state index in [4.69, 9.17) is 5.73 Å². The molecule has 2 N–H and O–H groups in total. The molecule has 3 heteroatoms. The third kappa shape index (κ3) is 1.94. The summed E-state index contributed by atoms with van der Waals surface area (Å²) in [5.74, 6) is 0. The molecule has 1 aliphatic heterocycles. The normalized spacial score (nSPS) is 16.7. The molecule has 0 saturated carbocycles. The van der Waals surface area contributed by atoms with Crippen LogP contribution in [0.1, 0.15) is 5.56 Å². The van der Waals surface area contributed by atoms with Crippen molar-refractivity contribution >= 4 is 37.2 Å². The highest BCUT2D eigenvalue weighted by atomic mass is 32.1. The van der Waals surface area contributed by atoms with Crippen LogP contribution in [0.25, 0.3) is 25.9 Å². The van der Waals surface area contributed by atoms with Crippen molar-refractivity contribution in [3.63, 3.8) is 0 Å². The standard InChI is InChI=1S/C19H16N2S/c1-21-12-5-4-10-16(21)18(20)15-9-6-8-14-13-7-2-3-11-17(13)22-19(14)15/h2-12H,20H2,1H3/b18-16-. The van der Waals surface area contributed by atoms with Crippen LogP contribution in [0.2, 0.25) is 0 Å². The number of rotatable bonds is 1. The van der Waals surface area contributed by atoms with Gasteiger partial charge in [-0.25, -0.2) is 0 Å². The zero-order valence-electron chi connectivity index (χ0n) is 12.3. The maximum absolute atomic E-state index is 6.51. The monoisotopic (exact) mass is 304 g/mol. The maximum atomic E-state index is 6.51. The van der Waals surface area contributed by atoms with Crippen molar-refractivity contribution in [2.45, 2.75) is 0 Å². The second-order valence-corrected chi connectivity index (χ2v) is 6.44. The van der Waals surface area contributed by atoms with Gasteiger partial charge in [0.25, 0.3) is 0 Å². The van der Waals surface area contributed by atoms with Gasteiger partial charge in [0.2, 0.25) is 0 Å². The molecular weight excluding hydrogens is 288 g/mol. The molecule has 0 saturated heterocycles. The van der Waals surface area contributed by atoms with Crippen molar-refractivity contribution in [2.75, 3.05) is 7.05 Å². The number of nitrogens with zero attached hydrogens (tertiary/aromatic N) is 1. The van der Waals surface area contributed by atoms with Crippen molar-refractivity contribution < 1.29 is 0 Å². The van der Waals surface area contributed by atoms with Gasteiger partial charge in [0.15, 0.2) is 0 Å². The average molecular weight is 304 g/mol. The lowest BCUT2D eigenvalue weighted by molar-refractivity contribution is 0.585. The highest BCUT2D eigenvalue weighted by Crippen LogP contribution is 2.38. The van der Waals surface area contributed by atoms with E-state index in [-0.39, 0.29) is 0 Å². The number of nitrogens with two attached hydrogens (primary N) is 1. The van der Waals surface area contributed by atoms with E-state index >= 15 is 0 Å². The Morgan fingerprint density at radius 1 is 1.00 bits per heavy atom. The molecule has 108 valence electrons. The quantitative estimate of drug-likeness (QED) is 0.706. The maximum Gasteiger partial charge on any atom is 0.0643 e. The van der Waals surface area contributed by atoms with E-state index in [9.17, 15) is 0 Å². The first kappa shape index (κ1) is 13.2. The highest BCUT2D eigenvalue weighted by Gasteiger charge is 2.14. The van der Waals surface area contributed by atoms with Crippen molar-refractivity contribution in [2.24, 2.45) is 5.73 Å². The van der Waals surface area contributed by atoms with Crippen LogP contribution in [0.3, 0.4) is 0 Å². The molecule has 2 aromatic carbocycles. The highest BCUT2D eigenvalue weighted by molar-refractivity contribution is 7.26. The van der Waals surface area contributed by atoms with Crippen LogP contribution in [0, 0.1) is 0 Å². The van der Waals surface area contributed by atoms with E-state index < -0.39 is 0 Å². The second kappa shape index (κ2) is 5.04. The van der Waals surface area contributed by atoms with Crippen LogP contribution >= 0.6 is 11.3 Å². The molecule has 4 rings (SSSR count). The molecule has 0 bridgehead atoms. The lowest BCUT2D eigenvalue weighted by Gasteiger charge is -2.21. The minimum atomic E-state index is 0.820. The molecular formula is C19H16N2S. The van der Waals surface area contributed by atoms with Crippen LogP contribution in [0.15, 0.2) is 72.6 Å². The first-order valence-corrected chi connectivity index (χ1v) is 8.05. The van der Waals surface area contributed by atoms with Gasteiger partial charge in [-0.15, -0.1) is 11.3 Å². The molecule has 1 aromatic heterocycles. The first-order chi connectivity index (χ1) is 10.8. The van der Waals surface area contributed by atoms with Crippen LogP contribution in [-0.4, -0.2) is 11.9 Å². The summed E-state index contributed by atoms with van der Waals surface area (Å²) in [5.41, 5.74) is 9.47. The lowest BCUT2D eigenvalue weighted by atomic mass is 10.1. The van der Waals surface area contributed by atoms with Crippen molar-refractivity contribution in [3.05, 3.63) is 78.2 Å². The summed E-state index contributed by atoms with van der Waals surface area (Å²) in [5, 5.41) is 2.58. The molecule has 2 nitrogen and oxygen atoms in total. The van der Waals surface area contributed by atoms with Crippen molar-refractivity contribution in [1.82, 2.24) is 4.90 Å². The number of hydrogen-bond donors (Lipinski definition) is 1. The first-order valence-electron chi connectivity index (χ1n) is 7.24. The second-order valence-electron chi connectivity index (χ2n) is 5.39. The molecule has 0 aliphatic carbocycles. The smallest absolute Gasteiger partial charge is 0.0643 e. The van der Waals surface area contributed by atoms with Gasteiger partial charge in [-0.05, 0) is 18.2 Å². The fraction of sp³-hybridized carbons (Fsp3) is 0.0526. The number of fused-ring (bicyclic) bond motifs is 3. The largest absolute Gasteiger partial charge is 0.397 e. The number of hydrogen-bond acceptors (Lipinski definition) is 3. The molecule has 2 heterocycles. The van der Waals surface area contributed by atoms with Crippen LogP contribution in [-0.2, 0) is 0 Å². The molecule has 1 aliphatic rings. The SMILES string of the molecule is CN1C=CC=C/C1=C(/N)c1cccc2c1sc1ccccc12. The fourth-order valence-corrected chi connectivity index (χ4v) is 4.13. The topological polar surface area (TPSA) is 29.3 Å². The zero-order valence-corrected chi connectivity index (χ0v) is 13.1. The number of benzene rings is 2. The Kier molecular flexibility index (Phi) is 3.01. The number of thiophene rings is 1. The fourth-order valence-electron chi connectivity index (χ4n) is 2.90. The predicted molar refractivity (Wildman–Crippen MR) is 96.5 cm³/mol. The van der Waals surface area contributed by atoms with Gasteiger partial charge in [-0.3, -0.25) is 0 Å². The van der Waals surface area contributed by atoms with E-state index in [0.29, 0.717) is 0 Å². The van der Waals surface area contributed by atoms with E-state index in [1.807, 2.05) is 36.7 Å². The zero-order chi connectivity index (χ0) is 15.1. The molecule has 0 atom stereocenters. The van der Waals surface area contributed by atoms with E-state index in [2.05, 4.69) is 53.4 Å². The molecule has 0 fully saturated rings. The Hall–Kier alpha value is -2.52. The summed E-state index contributed by atoms with van der Waals surface area (Å²) in [4.78, 5) is 2.06. The number of allylic oxidation sites excluding steroid dienone is 3. The van der Waals surface area contributed by atoms with Crippen molar-refractivity contribution in [3.8, 4) is 0 Å². The van der Waals surface area contributed by atoms with Gasteiger partial charge in [0.1, 0.15) is 0 Å². The van der Waals surface area contributed by atoms with Crippen LogP contribution in [0.5, 0.6) is 0 Å². The van der Waals surface area contributed by atoms with E-state index in [1.54, 1.807) is 0 Å². The summed E-state index contributed by atoms with van der Waals surface area (Å²) >= 11 is 1.81. The minimum absolute atomic E-state index is 0.820. The van der Waals surface area contributed by atoms with Gasteiger partial charge >= 0.3 is 0 Å². The van der Waals surface area contributed by atoms with Gasteiger partial charge in [0, 0.05) is 39.0 Å². The Morgan fingerprint density at radius 2 is 1.82 bits per heavy atom. The molecule has 0 radical (unpaired) electrons. The number of likely N-dealkylation sites (N-methyl/N-ethyl adjacent to an activating group) is 1. The Bertz CT molecular complexity index is 960. The minimum Gasteiger partial charge on any atom is -0.397 e. The molecule has 0 amide bonds. The van der Waals surface area contributed by atoms with Gasteiger partial charge < -0.3 is 10.6 Å². The van der Waals surface area contributed by atoms with Gasteiger partial charge in [-0.2, -0.15) is 0 Å². The third-order valence-electron chi connectivity index (χ3n) is 4.03. The average Bonchev–Trinajstić information content (AvgIpc) is 2.93. The summed E-state index contributed by atoms with van der Waals surface area (Å²) in [6.07, 6.45) is 8.11.